The highest BCUT2D eigenvalue weighted by atomic mass is 35.5. The molecule has 0 aromatic heterocycles. The number of benzene rings is 2. The number of nitrogens with one attached hydrogen (secondary N) is 2. The number of carbonyl (C=O) groups excluding carboxylic acids is 2. The molecule has 2 rings (SSSR count). The summed E-state index contributed by atoms with van der Waals surface area (Å²) >= 11 is 5.76. The van der Waals surface area contributed by atoms with Gasteiger partial charge in [0.15, 0.2) is 0 Å². The first-order valence-electron chi connectivity index (χ1n) is 6.66. The standard InChI is InChI=1S/C16H15ClN2O3/c17-13-3-5-14(6-4-13)19-16(21)18-9-10-22-15-7-1-12(11-20)2-8-15/h1-8,11H,9-10H2,(H2,18,19,21). The number of ether oxygens (including phenoxy) is 1. The quantitative estimate of drug-likeness (QED) is 0.634. The SMILES string of the molecule is O=Cc1ccc(OCCNC(=O)Nc2ccc(Cl)cc2)cc1. The number of anilines is 1. The van der Waals surface area contributed by atoms with Crippen LogP contribution >= 0.6 is 11.6 Å². The molecule has 0 fully saturated rings. The van der Waals surface area contributed by atoms with Crippen molar-refractivity contribution < 1.29 is 14.3 Å². The summed E-state index contributed by atoms with van der Waals surface area (Å²) in [6.07, 6.45) is 0.770. The largest absolute Gasteiger partial charge is 0.492 e. The fourth-order valence-corrected chi connectivity index (χ4v) is 1.81. The summed E-state index contributed by atoms with van der Waals surface area (Å²) in [6, 6.07) is 13.3. The molecule has 0 bridgehead atoms. The fraction of sp³-hybridized carbons (Fsp3) is 0.125. The highest BCUT2D eigenvalue weighted by Crippen LogP contribution is 2.13. The van der Waals surface area contributed by atoms with Crippen LogP contribution in [0.4, 0.5) is 10.5 Å². The van der Waals surface area contributed by atoms with E-state index >= 15 is 0 Å². The Morgan fingerprint density at radius 2 is 1.77 bits per heavy atom. The molecule has 0 aliphatic heterocycles. The Balaban J connectivity index is 1.68. The summed E-state index contributed by atoms with van der Waals surface area (Å²) in [5.41, 5.74) is 1.25. The second-order valence-corrected chi connectivity index (χ2v) is 4.86. The second-order valence-electron chi connectivity index (χ2n) is 4.42. The van der Waals surface area contributed by atoms with Gasteiger partial charge in [-0.3, -0.25) is 4.79 Å². The number of hydrogen-bond donors (Lipinski definition) is 2. The van der Waals surface area contributed by atoms with Gasteiger partial charge in [0.2, 0.25) is 0 Å². The maximum absolute atomic E-state index is 11.6. The molecule has 0 saturated heterocycles. The van der Waals surface area contributed by atoms with E-state index in [2.05, 4.69) is 10.6 Å². The van der Waals surface area contributed by atoms with E-state index in [9.17, 15) is 9.59 Å². The van der Waals surface area contributed by atoms with E-state index in [-0.39, 0.29) is 6.03 Å². The van der Waals surface area contributed by atoms with E-state index in [4.69, 9.17) is 16.3 Å². The molecule has 0 atom stereocenters. The van der Waals surface area contributed by atoms with Crippen molar-refractivity contribution in [1.29, 1.82) is 0 Å². The van der Waals surface area contributed by atoms with Crippen LogP contribution < -0.4 is 15.4 Å². The van der Waals surface area contributed by atoms with Crippen LogP contribution in [0.25, 0.3) is 0 Å². The van der Waals surface area contributed by atoms with Gasteiger partial charge < -0.3 is 15.4 Å². The Labute approximate surface area is 133 Å². The van der Waals surface area contributed by atoms with Crippen LogP contribution in [0.3, 0.4) is 0 Å². The monoisotopic (exact) mass is 318 g/mol. The van der Waals surface area contributed by atoms with Crippen molar-refractivity contribution in [1.82, 2.24) is 5.32 Å². The third kappa shape index (κ3) is 5.10. The molecule has 0 spiro atoms. The van der Waals surface area contributed by atoms with Crippen molar-refractivity contribution in [2.24, 2.45) is 0 Å². The zero-order chi connectivity index (χ0) is 15.8. The summed E-state index contributed by atoms with van der Waals surface area (Å²) in [6.45, 7) is 0.684. The lowest BCUT2D eigenvalue weighted by Gasteiger charge is -2.09. The lowest BCUT2D eigenvalue weighted by Crippen LogP contribution is -2.32. The average Bonchev–Trinajstić information content (AvgIpc) is 2.54. The minimum absolute atomic E-state index is 0.317. The van der Waals surface area contributed by atoms with Gasteiger partial charge in [0.05, 0.1) is 6.54 Å². The molecule has 2 aromatic carbocycles. The first kappa shape index (κ1) is 15.9. The van der Waals surface area contributed by atoms with E-state index in [1.54, 1.807) is 48.5 Å². The Kier molecular flexibility index (Phi) is 5.80. The summed E-state index contributed by atoms with van der Waals surface area (Å²) < 4.78 is 5.45. The van der Waals surface area contributed by atoms with E-state index in [0.717, 1.165) is 6.29 Å². The van der Waals surface area contributed by atoms with Crippen LogP contribution in [-0.4, -0.2) is 25.5 Å². The minimum Gasteiger partial charge on any atom is -0.492 e. The van der Waals surface area contributed by atoms with Crippen LogP contribution in [0, 0.1) is 0 Å². The molecule has 5 nitrogen and oxygen atoms in total. The maximum Gasteiger partial charge on any atom is 0.319 e. The van der Waals surface area contributed by atoms with Crippen molar-refractivity contribution in [3.63, 3.8) is 0 Å². The number of hydrogen-bond acceptors (Lipinski definition) is 3. The van der Waals surface area contributed by atoms with Crippen LogP contribution in [0.5, 0.6) is 5.75 Å². The van der Waals surface area contributed by atoms with Gasteiger partial charge in [-0.05, 0) is 48.5 Å². The molecule has 0 saturated carbocycles. The topological polar surface area (TPSA) is 67.4 Å². The van der Waals surface area contributed by atoms with E-state index in [1.165, 1.54) is 0 Å². The molecule has 0 unspecified atom stereocenters. The number of amides is 2. The predicted molar refractivity (Wildman–Crippen MR) is 85.8 cm³/mol. The number of halogens is 1. The fourth-order valence-electron chi connectivity index (χ4n) is 1.68. The number of aldehydes is 1. The molecule has 6 heteroatoms. The first-order valence-corrected chi connectivity index (χ1v) is 7.03. The number of rotatable bonds is 6. The van der Waals surface area contributed by atoms with E-state index in [0.29, 0.717) is 35.2 Å². The van der Waals surface area contributed by atoms with Crippen molar-refractivity contribution in [2.75, 3.05) is 18.5 Å². The Hall–Kier alpha value is -2.53. The normalized spacial score (nSPS) is 9.86. The number of carbonyl (C=O) groups is 2. The number of urea groups is 1. The summed E-state index contributed by atoms with van der Waals surface area (Å²) in [5, 5.41) is 5.97. The molecule has 2 amide bonds. The zero-order valence-electron chi connectivity index (χ0n) is 11.7. The molecule has 0 aliphatic carbocycles. The molecule has 2 aromatic rings. The Morgan fingerprint density at radius 3 is 2.41 bits per heavy atom. The molecule has 22 heavy (non-hydrogen) atoms. The van der Waals surface area contributed by atoms with Crippen LogP contribution in [0.2, 0.25) is 5.02 Å². The van der Waals surface area contributed by atoms with Gasteiger partial charge in [-0.2, -0.15) is 0 Å². The van der Waals surface area contributed by atoms with Crippen LogP contribution in [-0.2, 0) is 0 Å². The smallest absolute Gasteiger partial charge is 0.319 e. The molecule has 0 aliphatic rings. The van der Waals surface area contributed by atoms with Crippen molar-refractivity contribution in [3.05, 3.63) is 59.1 Å². The Bertz CT molecular complexity index is 627. The summed E-state index contributed by atoms with van der Waals surface area (Å²) in [5.74, 6) is 0.644. The molecular weight excluding hydrogens is 304 g/mol. The molecule has 2 N–H and O–H groups in total. The highest BCUT2D eigenvalue weighted by Gasteiger charge is 2.01. The van der Waals surface area contributed by atoms with Gasteiger partial charge in [0.25, 0.3) is 0 Å². The van der Waals surface area contributed by atoms with Crippen LogP contribution in [0.15, 0.2) is 48.5 Å². The van der Waals surface area contributed by atoms with Gasteiger partial charge in [-0.25, -0.2) is 4.79 Å². The van der Waals surface area contributed by atoms with Crippen molar-refractivity contribution >= 4 is 29.6 Å². The second kappa shape index (κ2) is 8.05. The van der Waals surface area contributed by atoms with Gasteiger partial charge in [-0.1, -0.05) is 11.6 Å². The molecule has 0 radical (unpaired) electrons. The molecule has 114 valence electrons. The maximum atomic E-state index is 11.6. The van der Waals surface area contributed by atoms with Gasteiger partial charge in [0, 0.05) is 16.3 Å². The minimum atomic E-state index is -0.317. The third-order valence-electron chi connectivity index (χ3n) is 2.77. The average molecular weight is 319 g/mol. The zero-order valence-corrected chi connectivity index (χ0v) is 12.5. The lowest BCUT2D eigenvalue weighted by molar-refractivity contribution is 0.112. The van der Waals surface area contributed by atoms with Crippen molar-refractivity contribution in [3.8, 4) is 5.75 Å². The Morgan fingerprint density at radius 1 is 1.09 bits per heavy atom. The van der Waals surface area contributed by atoms with Crippen LogP contribution in [0.1, 0.15) is 10.4 Å². The summed E-state index contributed by atoms with van der Waals surface area (Å²) in [4.78, 5) is 22.2. The summed E-state index contributed by atoms with van der Waals surface area (Å²) in [7, 11) is 0. The molecular formula is C16H15ClN2O3. The van der Waals surface area contributed by atoms with Gasteiger partial charge >= 0.3 is 6.03 Å². The predicted octanol–water partition coefficient (Wildman–Crippen LogP) is 3.35. The lowest BCUT2D eigenvalue weighted by atomic mass is 10.2. The van der Waals surface area contributed by atoms with Gasteiger partial charge in [0.1, 0.15) is 18.6 Å². The van der Waals surface area contributed by atoms with E-state index < -0.39 is 0 Å². The van der Waals surface area contributed by atoms with E-state index in [1.807, 2.05) is 0 Å². The molecule has 0 heterocycles. The van der Waals surface area contributed by atoms with Gasteiger partial charge in [-0.15, -0.1) is 0 Å². The van der Waals surface area contributed by atoms with Crippen molar-refractivity contribution in [2.45, 2.75) is 0 Å². The highest BCUT2D eigenvalue weighted by molar-refractivity contribution is 6.30. The first-order chi connectivity index (χ1) is 10.7. The third-order valence-corrected chi connectivity index (χ3v) is 3.03.